The van der Waals surface area contributed by atoms with Gasteiger partial charge >= 0.3 is 0 Å². The van der Waals surface area contributed by atoms with Crippen LogP contribution in [0.1, 0.15) is 21.5 Å². The van der Waals surface area contributed by atoms with E-state index in [0.717, 1.165) is 9.13 Å². The van der Waals surface area contributed by atoms with E-state index in [1.54, 1.807) is 37.4 Å². The summed E-state index contributed by atoms with van der Waals surface area (Å²) in [6, 6.07) is 16.4. The molecule has 0 heterocycles. The Balaban J connectivity index is 1.80. The highest BCUT2D eigenvalue weighted by Gasteiger charge is 2.17. The highest BCUT2D eigenvalue weighted by Crippen LogP contribution is 2.35. The van der Waals surface area contributed by atoms with Crippen molar-refractivity contribution in [3.05, 3.63) is 84.9 Å². The molecule has 0 atom stereocenters. The predicted octanol–water partition coefficient (Wildman–Crippen LogP) is 6.75. The molecule has 0 bridgehead atoms. The SMILES string of the molecule is COc1cc(C(=O)Nc2cc(Cl)ccc2Cl)cc(I)c1OCc1ccc(C)cc1. The van der Waals surface area contributed by atoms with Crippen molar-refractivity contribution in [3.63, 3.8) is 0 Å². The number of hydrogen-bond donors (Lipinski definition) is 1. The van der Waals surface area contributed by atoms with Gasteiger partial charge in [0.15, 0.2) is 11.5 Å². The number of amides is 1. The third kappa shape index (κ3) is 5.56. The molecular weight excluding hydrogens is 524 g/mol. The normalized spacial score (nSPS) is 10.5. The fourth-order valence-corrected chi connectivity index (χ4v) is 3.71. The van der Waals surface area contributed by atoms with Crippen LogP contribution in [-0.2, 0) is 6.61 Å². The van der Waals surface area contributed by atoms with E-state index < -0.39 is 0 Å². The largest absolute Gasteiger partial charge is 0.493 e. The van der Waals surface area contributed by atoms with Crippen molar-refractivity contribution < 1.29 is 14.3 Å². The Labute approximate surface area is 193 Å². The molecule has 150 valence electrons. The second-order valence-electron chi connectivity index (χ2n) is 6.34. The molecule has 3 aromatic rings. The molecule has 0 aromatic heterocycles. The van der Waals surface area contributed by atoms with Crippen molar-refractivity contribution in [3.8, 4) is 11.5 Å². The first-order chi connectivity index (χ1) is 13.9. The van der Waals surface area contributed by atoms with E-state index in [1.807, 2.05) is 31.2 Å². The van der Waals surface area contributed by atoms with Crippen LogP contribution in [0.25, 0.3) is 0 Å². The number of hydrogen-bond acceptors (Lipinski definition) is 3. The molecule has 0 saturated heterocycles. The molecule has 3 aromatic carbocycles. The van der Waals surface area contributed by atoms with Gasteiger partial charge in [0, 0.05) is 10.6 Å². The van der Waals surface area contributed by atoms with Crippen LogP contribution in [0.4, 0.5) is 5.69 Å². The summed E-state index contributed by atoms with van der Waals surface area (Å²) in [7, 11) is 1.54. The van der Waals surface area contributed by atoms with Gasteiger partial charge in [-0.3, -0.25) is 4.79 Å². The predicted molar refractivity (Wildman–Crippen MR) is 126 cm³/mol. The number of nitrogens with one attached hydrogen (secondary N) is 1. The lowest BCUT2D eigenvalue weighted by atomic mass is 10.1. The third-order valence-electron chi connectivity index (χ3n) is 4.17. The lowest BCUT2D eigenvalue weighted by molar-refractivity contribution is 0.102. The van der Waals surface area contributed by atoms with Crippen molar-refractivity contribution in [2.45, 2.75) is 13.5 Å². The Morgan fingerprint density at radius 1 is 1.07 bits per heavy atom. The Morgan fingerprint density at radius 3 is 2.48 bits per heavy atom. The van der Waals surface area contributed by atoms with Gasteiger partial charge in [-0.2, -0.15) is 0 Å². The zero-order valence-corrected chi connectivity index (χ0v) is 19.4. The van der Waals surface area contributed by atoms with E-state index in [2.05, 4.69) is 27.9 Å². The second-order valence-corrected chi connectivity index (χ2v) is 8.35. The smallest absolute Gasteiger partial charge is 0.255 e. The summed E-state index contributed by atoms with van der Waals surface area (Å²) in [5.74, 6) is 0.743. The molecule has 29 heavy (non-hydrogen) atoms. The fraction of sp³-hybridized carbons (Fsp3) is 0.136. The van der Waals surface area contributed by atoms with E-state index in [0.29, 0.717) is 39.4 Å². The van der Waals surface area contributed by atoms with Gasteiger partial charge in [-0.1, -0.05) is 53.0 Å². The van der Waals surface area contributed by atoms with Crippen LogP contribution >= 0.6 is 45.8 Å². The van der Waals surface area contributed by atoms with Crippen LogP contribution in [0.2, 0.25) is 10.0 Å². The first-order valence-corrected chi connectivity index (χ1v) is 10.5. The first kappa shape index (κ1) is 21.7. The number of carbonyl (C=O) groups excluding carboxylic acids is 1. The van der Waals surface area contributed by atoms with Gasteiger partial charge in [0.2, 0.25) is 0 Å². The molecule has 0 saturated carbocycles. The third-order valence-corrected chi connectivity index (χ3v) is 5.54. The molecule has 0 fully saturated rings. The van der Waals surface area contributed by atoms with Gasteiger partial charge in [0.25, 0.3) is 5.91 Å². The maximum atomic E-state index is 12.7. The van der Waals surface area contributed by atoms with Gasteiger partial charge in [-0.25, -0.2) is 0 Å². The number of benzene rings is 3. The molecule has 0 spiro atoms. The summed E-state index contributed by atoms with van der Waals surface area (Å²) in [5, 5.41) is 3.66. The van der Waals surface area contributed by atoms with Crippen LogP contribution in [0.5, 0.6) is 11.5 Å². The molecule has 1 N–H and O–H groups in total. The van der Waals surface area contributed by atoms with E-state index in [-0.39, 0.29) is 5.91 Å². The van der Waals surface area contributed by atoms with Gasteiger partial charge in [0.05, 0.1) is 21.4 Å². The number of methoxy groups -OCH3 is 1. The number of ether oxygens (including phenoxy) is 2. The standard InChI is InChI=1S/C22H18Cl2INO3/c1-13-3-5-14(6-4-13)12-29-21-18(25)9-15(10-20(21)28-2)22(27)26-19-11-16(23)7-8-17(19)24/h3-11H,12H2,1-2H3,(H,26,27). The van der Waals surface area contributed by atoms with Crippen molar-refractivity contribution in [2.75, 3.05) is 12.4 Å². The number of rotatable bonds is 6. The lowest BCUT2D eigenvalue weighted by Gasteiger charge is -2.15. The minimum absolute atomic E-state index is 0.324. The molecule has 0 aliphatic rings. The fourth-order valence-electron chi connectivity index (χ4n) is 2.62. The second kappa shape index (κ2) is 9.69. The van der Waals surface area contributed by atoms with Gasteiger partial charge in [-0.15, -0.1) is 0 Å². The highest BCUT2D eigenvalue weighted by molar-refractivity contribution is 14.1. The minimum atomic E-state index is -0.324. The zero-order valence-electron chi connectivity index (χ0n) is 15.8. The van der Waals surface area contributed by atoms with Crippen molar-refractivity contribution in [2.24, 2.45) is 0 Å². The Hall–Kier alpha value is -1.96. The summed E-state index contributed by atoms with van der Waals surface area (Å²) in [6.07, 6.45) is 0. The lowest BCUT2D eigenvalue weighted by Crippen LogP contribution is -2.13. The van der Waals surface area contributed by atoms with E-state index >= 15 is 0 Å². The molecule has 0 aliphatic carbocycles. The molecule has 0 radical (unpaired) electrons. The van der Waals surface area contributed by atoms with Crippen LogP contribution in [-0.4, -0.2) is 13.0 Å². The molecule has 7 heteroatoms. The van der Waals surface area contributed by atoms with Crippen LogP contribution < -0.4 is 14.8 Å². The van der Waals surface area contributed by atoms with Crippen molar-refractivity contribution in [1.82, 2.24) is 0 Å². The molecule has 3 rings (SSSR count). The van der Waals surface area contributed by atoms with Crippen molar-refractivity contribution in [1.29, 1.82) is 0 Å². The molecule has 0 unspecified atom stereocenters. The highest BCUT2D eigenvalue weighted by atomic mass is 127. The monoisotopic (exact) mass is 541 g/mol. The van der Waals surface area contributed by atoms with E-state index in [1.165, 1.54) is 5.56 Å². The molecular formula is C22H18Cl2INO3. The van der Waals surface area contributed by atoms with Gasteiger partial charge < -0.3 is 14.8 Å². The molecule has 4 nitrogen and oxygen atoms in total. The Morgan fingerprint density at radius 2 is 1.79 bits per heavy atom. The average Bonchev–Trinajstić information content (AvgIpc) is 2.70. The average molecular weight is 542 g/mol. The number of carbonyl (C=O) groups is 1. The van der Waals surface area contributed by atoms with Gasteiger partial charge in [0.1, 0.15) is 6.61 Å². The summed E-state index contributed by atoms with van der Waals surface area (Å²) in [6.45, 7) is 2.44. The number of anilines is 1. The van der Waals surface area contributed by atoms with E-state index in [9.17, 15) is 4.79 Å². The molecule has 0 aliphatic heterocycles. The number of aryl methyl sites for hydroxylation is 1. The van der Waals surface area contributed by atoms with Crippen LogP contribution in [0.15, 0.2) is 54.6 Å². The topological polar surface area (TPSA) is 47.6 Å². The van der Waals surface area contributed by atoms with Crippen LogP contribution in [0, 0.1) is 10.5 Å². The first-order valence-electron chi connectivity index (χ1n) is 8.69. The maximum absolute atomic E-state index is 12.7. The van der Waals surface area contributed by atoms with Crippen LogP contribution in [0.3, 0.4) is 0 Å². The summed E-state index contributed by atoms with van der Waals surface area (Å²) >= 11 is 14.2. The summed E-state index contributed by atoms with van der Waals surface area (Å²) < 4.78 is 12.2. The zero-order chi connectivity index (χ0) is 21.0. The summed E-state index contributed by atoms with van der Waals surface area (Å²) in [5.41, 5.74) is 3.10. The quantitative estimate of drug-likeness (QED) is 0.351. The Kier molecular flexibility index (Phi) is 7.27. The van der Waals surface area contributed by atoms with E-state index in [4.69, 9.17) is 32.7 Å². The minimum Gasteiger partial charge on any atom is -0.493 e. The van der Waals surface area contributed by atoms with Gasteiger partial charge in [-0.05, 0) is 65.4 Å². The maximum Gasteiger partial charge on any atom is 0.255 e. The number of halogens is 3. The van der Waals surface area contributed by atoms with Crippen molar-refractivity contribution >= 4 is 57.4 Å². The Bertz CT molecular complexity index is 1040. The molecule has 1 amide bonds. The summed E-state index contributed by atoms with van der Waals surface area (Å²) in [4.78, 5) is 12.7.